The van der Waals surface area contributed by atoms with Crippen molar-refractivity contribution in [1.82, 2.24) is 4.90 Å². The van der Waals surface area contributed by atoms with E-state index in [0.29, 0.717) is 13.2 Å². The number of aliphatic hydroxyl groups is 1. The molecule has 3 aromatic rings. The SMILES string of the molecule is COc1cc(CN(CCO)Cc2ccccc2)ccc1OCc1ccccc1. The smallest absolute Gasteiger partial charge is 0.161 e. The summed E-state index contributed by atoms with van der Waals surface area (Å²) in [4.78, 5) is 2.22. The van der Waals surface area contributed by atoms with E-state index >= 15 is 0 Å². The molecule has 0 heterocycles. The molecular formula is C24H27NO3. The average Bonchev–Trinajstić information content (AvgIpc) is 2.74. The molecule has 0 unspecified atom stereocenters. The molecule has 0 radical (unpaired) electrons. The maximum absolute atomic E-state index is 9.43. The van der Waals surface area contributed by atoms with E-state index in [9.17, 15) is 5.11 Å². The number of benzene rings is 3. The normalized spacial score (nSPS) is 10.8. The van der Waals surface area contributed by atoms with Crippen LogP contribution in [0.4, 0.5) is 0 Å². The Labute approximate surface area is 167 Å². The molecule has 0 saturated heterocycles. The van der Waals surface area contributed by atoms with Crippen LogP contribution in [0.3, 0.4) is 0 Å². The third-order valence-corrected chi connectivity index (χ3v) is 4.54. The number of methoxy groups -OCH3 is 1. The Morgan fingerprint density at radius 1 is 0.750 bits per heavy atom. The zero-order valence-electron chi connectivity index (χ0n) is 16.3. The molecule has 0 aliphatic carbocycles. The molecule has 3 rings (SSSR count). The molecule has 1 N–H and O–H groups in total. The first-order valence-corrected chi connectivity index (χ1v) is 9.49. The summed E-state index contributed by atoms with van der Waals surface area (Å²) in [5.41, 5.74) is 3.46. The molecule has 0 spiro atoms. The van der Waals surface area contributed by atoms with Crippen LogP contribution < -0.4 is 9.47 Å². The second kappa shape index (κ2) is 10.5. The van der Waals surface area contributed by atoms with Crippen molar-refractivity contribution < 1.29 is 14.6 Å². The van der Waals surface area contributed by atoms with Gasteiger partial charge in [-0.2, -0.15) is 0 Å². The summed E-state index contributed by atoms with van der Waals surface area (Å²) in [6.45, 7) is 2.76. The summed E-state index contributed by atoms with van der Waals surface area (Å²) < 4.78 is 11.5. The van der Waals surface area contributed by atoms with Crippen molar-refractivity contribution in [3.8, 4) is 11.5 Å². The highest BCUT2D eigenvalue weighted by Crippen LogP contribution is 2.29. The van der Waals surface area contributed by atoms with Gasteiger partial charge in [0.1, 0.15) is 6.61 Å². The molecule has 0 atom stereocenters. The number of aliphatic hydroxyl groups excluding tert-OH is 1. The number of nitrogens with zero attached hydrogens (tertiary/aromatic N) is 1. The molecule has 4 heteroatoms. The Kier molecular flexibility index (Phi) is 7.47. The van der Waals surface area contributed by atoms with Crippen molar-refractivity contribution in [3.05, 3.63) is 95.6 Å². The van der Waals surface area contributed by atoms with Gasteiger partial charge in [0.2, 0.25) is 0 Å². The summed E-state index contributed by atoms with van der Waals surface area (Å²) in [6, 6.07) is 26.4. The summed E-state index contributed by atoms with van der Waals surface area (Å²) in [6.07, 6.45) is 0. The number of ether oxygens (including phenoxy) is 2. The van der Waals surface area contributed by atoms with E-state index in [0.717, 1.165) is 35.7 Å². The zero-order valence-corrected chi connectivity index (χ0v) is 16.3. The second-order valence-corrected chi connectivity index (χ2v) is 6.68. The minimum absolute atomic E-state index is 0.127. The topological polar surface area (TPSA) is 41.9 Å². The predicted molar refractivity (Wildman–Crippen MR) is 111 cm³/mol. The molecule has 4 nitrogen and oxygen atoms in total. The van der Waals surface area contributed by atoms with Gasteiger partial charge in [0.15, 0.2) is 11.5 Å². The number of hydrogen-bond donors (Lipinski definition) is 1. The lowest BCUT2D eigenvalue weighted by atomic mass is 10.1. The summed E-state index contributed by atoms with van der Waals surface area (Å²) in [5.74, 6) is 1.45. The Morgan fingerprint density at radius 2 is 1.39 bits per heavy atom. The molecule has 0 fully saturated rings. The quantitative estimate of drug-likeness (QED) is 0.573. The maximum Gasteiger partial charge on any atom is 0.161 e. The van der Waals surface area contributed by atoms with Crippen LogP contribution >= 0.6 is 0 Å². The molecule has 0 bridgehead atoms. The minimum Gasteiger partial charge on any atom is -0.493 e. The van der Waals surface area contributed by atoms with Crippen LogP contribution in [0.5, 0.6) is 11.5 Å². The minimum atomic E-state index is 0.127. The maximum atomic E-state index is 9.43. The Bertz CT molecular complexity index is 837. The van der Waals surface area contributed by atoms with Gasteiger partial charge in [0.25, 0.3) is 0 Å². The molecule has 0 aliphatic heterocycles. The Hall–Kier alpha value is -2.82. The lowest BCUT2D eigenvalue weighted by Crippen LogP contribution is -2.26. The van der Waals surface area contributed by atoms with Crippen LogP contribution in [-0.4, -0.2) is 30.3 Å². The van der Waals surface area contributed by atoms with Crippen molar-refractivity contribution in [1.29, 1.82) is 0 Å². The summed E-state index contributed by atoms with van der Waals surface area (Å²) >= 11 is 0. The van der Waals surface area contributed by atoms with Crippen LogP contribution in [0.1, 0.15) is 16.7 Å². The lowest BCUT2D eigenvalue weighted by Gasteiger charge is -2.22. The zero-order chi connectivity index (χ0) is 19.6. The van der Waals surface area contributed by atoms with Gasteiger partial charge in [-0.05, 0) is 28.8 Å². The highest BCUT2D eigenvalue weighted by Gasteiger charge is 2.11. The average molecular weight is 377 g/mol. The first kappa shape index (κ1) is 19.9. The third kappa shape index (κ3) is 5.84. The molecule has 3 aromatic carbocycles. The second-order valence-electron chi connectivity index (χ2n) is 6.68. The molecular weight excluding hydrogens is 350 g/mol. The van der Waals surface area contributed by atoms with Crippen LogP contribution in [0.2, 0.25) is 0 Å². The van der Waals surface area contributed by atoms with Gasteiger partial charge < -0.3 is 14.6 Å². The standard InChI is InChI=1S/C24H27NO3/c1-27-24-16-22(12-13-23(24)28-19-21-10-6-3-7-11-21)18-25(14-15-26)17-20-8-4-2-5-9-20/h2-13,16,26H,14-15,17-19H2,1H3. The lowest BCUT2D eigenvalue weighted by molar-refractivity contribution is 0.184. The largest absolute Gasteiger partial charge is 0.493 e. The molecule has 0 saturated carbocycles. The van der Waals surface area contributed by atoms with Crippen molar-refractivity contribution in [3.63, 3.8) is 0 Å². The van der Waals surface area contributed by atoms with Crippen LogP contribution in [0.15, 0.2) is 78.9 Å². The fourth-order valence-corrected chi connectivity index (χ4v) is 3.12. The van der Waals surface area contributed by atoms with Crippen molar-refractivity contribution >= 4 is 0 Å². The fraction of sp³-hybridized carbons (Fsp3) is 0.250. The van der Waals surface area contributed by atoms with Crippen molar-refractivity contribution in [2.75, 3.05) is 20.3 Å². The number of rotatable bonds is 10. The molecule has 0 amide bonds. The van der Waals surface area contributed by atoms with E-state index < -0.39 is 0 Å². The van der Waals surface area contributed by atoms with Crippen molar-refractivity contribution in [2.45, 2.75) is 19.7 Å². The highest BCUT2D eigenvalue weighted by atomic mass is 16.5. The number of hydrogen-bond acceptors (Lipinski definition) is 4. The Balaban J connectivity index is 1.67. The van der Waals surface area contributed by atoms with Gasteiger partial charge in [-0.15, -0.1) is 0 Å². The van der Waals surface area contributed by atoms with E-state index in [2.05, 4.69) is 23.1 Å². The van der Waals surface area contributed by atoms with E-state index in [-0.39, 0.29) is 6.61 Å². The van der Waals surface area contributed by atoms with Gasteiger partial charge in [0.05, 0.1) is 13.7 Å². The fourth-order valence-electron chi connectivity index (χ4n) is 3.12. The molecule has 28 heavy (non-hydrogen) atoms. The van der Waals surface area contributed by atoms with Gasteiger partial charge in [-0.1, -0.05) is 66.7 Å². The highest BCUT2D eigenvalue weighted by molar-refractivity contribution is 5.43. The molecule has 146 valence electrons. The molecule has 0 aromatic heterocycles. The summed E-state index contributed by atoms with van der Waals surface area (Å²) in [5, 5.41) is 9.43. The van der Waals surface area contributed by atoms with Crippen LogP contribution in [0, 0.1) is 0 Å². The Morgan fingerprint density at radius 3 is 2.04 bits per heavy atom. The third-order valence-electron chi connectivity index (χ3n) is 4.54. The van der Waals surface area contributed by atoms with E-state index in [1.807, 2.05) is 60.7 Å². The predicted octanol–water partition coefficient (Wildman–Crippen LogP) is 4.27. The van der Waals surface area contributed by atoms with E-state index in [4.69, 9.17) is 9.47 Å². The van der Waals surface area contributed by atoms with Gasteiger partial charge >= 0.3 is 0 Å². The van der Waals surface area contributed by atoms with Crippen LogP contribution in [0.25, 0.3) is 0 Å². The van der Waals surface area contributed by atoms with Crippen LogP contribution in [-0.2, 0) is 19.7 Å². The van der Waals surface area contributed by atoms with Gasteiger partial charge in [-0.3, -0.25) is 4.90 Å². The van der Waals surface area contributed by atoms with Gasteiger partial charge in [-0.25, -0.2) is 0 Å². The first-order valence-electron chi connectivity index (χ1n) is 9.49. The molecule has 0 aliphatic rings. The monoisotopic (exact) mass is 377 g/mol. The first-order chi connectivity index (χ1) is 13.8. The van der Waals surface area contributed by atoms with Crippen molar-refractivity contribution in [2.24, 2.45) is 0 Å². The summed E-state index contributed by atoms with van der Waals surface area (Å²) in [7, 11) is 1.66. The van der Waals surface area contributed by atoms with Gasteiger partial charge in [0, 0.05) is 19.6 Å². The van der Waals surface area contributed by atoms with E-state index in [1.165, 1.54) is 5.56 Å². The van der Waals surface area contributed by atoms with E-state index in [1.54, 1.807) is 7.11 Å².